The van der Waals surface area contributed by atoms with Crippen molar-refractivity contribution in [3.05, 3.63) is 69.4 Å². The first-order valence-electron chi connectivity index (χ1n) is 7.67. The molecular weight excluding hydrogens is 339 g/mol. The molecule has 0 bridgehead atoms. The van der Waals surface area contributed by atoms with Crippen LogP contribution < -0.4 is 16.6 Å². The molecule has 0 spiro atoms. The second-order valence-electron chi connectivity index (χ2n) is 5.77. The van der Waals surface area contributed by atoms with Crippen LogP contribution in [0.1, 0.15) is 26.4 Å². The Bertz CT molecular complexity index is 1120. The van der Waals surface area contributed by atoms with Gasteiger partial charge in [0.1, 0.15) is 5.82 Å². The van der Waals surface area contributed by atoms with Gasteiger partial charge in [0.05, 0.1) is 5.39 Å². The number of anilines is 1. The van der Waals surface area contributed by atoms with Crippen molar-refractivity contribution in [2.45, 2.75) is 6.92 Å². The summed E-state index contributed by atoms with van der Waals surface area (Å²) in [6.45, 7) is 1.46. The smallest absolute Gasteiger partial charge is 0.276 e. The summed E-state index contributed by atoms with van der Waals surface area (Å²) in [5.74, 6) is -2.12. The van der Waals surface area contributed by atoms with Gasteiger partial charge in [-0.25, -0.2) is 9.07 Å². The number of aryl methyl sites for hydroxylation is 1. The molecule has 7 nitrogen and oxygen atoms in total. The van der Waals surface area contributed by atoms with Gasteiger partial charge in [-0.1, -0.05) is 18.2 Å². The number of carbonyl (C=O) groups is 2. The zero-order valence-corrected chi connectivity index (χ0v) is 14.0. The minimum absolute atomic E-state index is 0.00647. The van der Waals surface area contributed by atoms with Crippen molar-refractivity contribution < 1.29 is 14.0 Å². The van der Waals surface area contributed by atoms with Crippen LogP contribution in [0.25, 0.3) is 10.8 Å². The van der Waals surface area contributed by atoms with Crippen LogP contribution in [0.3, 0.4) is 0 Å². The van der Waals surface area contributed by atoms with Crippen molar-refractivity contribution in [1.29, 1.82) is 0 Å². The van der Waals surface area contributed by atoms with Gasteiger partial charge >= 0.3 is 0 Å². The maximum Gasteiger partial charge on any atom is 0.276 e. The lowest BCUT2D eigenvalue weighted by Crippen LogP contribution is -2.25. The topological polar surface area (TPSA) is 107 Å². The summed E-state index contributed by atoms with van der Waals surface area (Å²) in [5, 5.41) is 7.26. The molecule has 0 radical (unpaired) electrons. The Morgan fingerprint density at radius 2 is 1.85 bits per heavy atom. The van der Waals surface area contributed by atoms with Gasteiger partial charge in [-0.15, -0.1) is 0 Å². The Morgan fingerprint density at radius 1 is 1.19 bits per heavy atom. The number of carbonyl (C=O) groups excluding carboxylic acids is 2. The second-order valence-corrected chi connectivity index (χ2v) is 5.77. The number of primary amides is 1. The number of nitrogens with zero attached hydrogens (tertiary/aromatic N) is 2. The van der Waals surface area contributed by atoms with Crippen molar-refractivity contribution in [3.63, 3.8) is 0 Å². The standard InChI is InChI=1S/C18H15FN4O3/c1-9-13(19)7-10(16(20)24)8-14(9)21-17(25)15-11-5-3-4-6-12(11)18(26)23(2)22-15/h3-8H,1-2H3,(H2,20,24)(H,21,25). The van der Waals surface area contributed by atoms with Crippen molar-refractivity contribution >= 4 is 28.3 Å². The second kappa shape index (κ2) is 6.40. The third kappa shape index (κ3) is 2.92. The summed E-state index contributed by atoms with van der Waals surface area (Å²) >= 11 is 0. The summed E-state index contributed by atoms with van der Waals surface area (Å²) in [5.41, 5.74) is 5.04. The van der Waals surface area contributed by atoms with Gasteiger partial charge in [0.25, 0.3) is 11.5 Å². The normalized spacial score (nSPS) is 10.7. The first-order valence-corrected chi connectivity index (χ1v) is 7.67. The first kappa shape index (κ1) is 17.3. The lowest BCUT2D eigenvalue weighted by molar-refractivity contribution is 0.0995. The van der Waals surface area contributed by atoms with Crippen LogP contribution in [0, 0.1) is 12.7 Å². The summed E-state index contributed by atoms with van der Waals surface area (Å²) in [4.78, 5) is 36.2. The largest absolute Gasteiger partial charge is 0.366 e. The highest BCUT2D eigenvalue weighted by molar-refractivity contribution is 6.11. The predicted molar refractivity (Wildman–Crippen MR) is 94.6 cm³/mol. The van der Waals surface area contributed by atoms with E-state index in [1.165, 1.54) is 20.0 Å². The molecule has 0 saturated carbocycles. The fourth-order valence-electron chi connectivity index (χ4n) is 2.60. The lowest BCUT2D eigenvalue weighted by Gasteiger charge is -2.12. The molecule has 1 aromatic heterocycles. The number of nitrogens with two attached hydrogens (primary N) is 1. The van der Waals surface area contributed by atoms with E-state index in [1.54, 1.807) is 24.3 Å². The molecule has 3 rings (SSSR count). The zero-order valence-electron chi connectivity index (χ0n) is 14.0. The fourth-order valence-corrected chi connectivity index (χ4v) is 2.60. The predicted octanol–water partition coefficient (Wildman–Crippen LogP) is 1.73. The van der Waals surface area contributed by atoms with Crippen LogP contribution >= 0.6 is 0 Å². The Labute approximate surface area is 147 Å². The Morgan fingerprint density at radius 3 is 2.50 bits per heavy atom. The number of halogens is 1. The van der Waals surface area contributed by atoms with Crippen LogP contribution in [0.4, 0.5) is 10.1 Å². The van der Waals surface area contributed by atoms with Crippen LogP contribution in [0.15, 0.2) is 41.2 Å². The van der Waals surface area contributed by atoms with Gasteiger partial charge < -0.3 is 11.1 Å². The molecule has 0 aliphatic rings. The lowest BCUT2D eigenvalue weighted by atomic mass is 10.1. The van der Waals surface area contributed by atoms with Gasteiger partial charge in [-0.2, -0.15) is 5.10 Å². The van der Waals surface area contributed by atoms with Crippen molar-refractivity contribution in [1.82, 2.24) is 9.78 Å². The number of benzene rings is 2. The molecule has 2 aromatic carbocycles. The van der Waals surface area contributed by atoms with Gasteiger partial charge in [0.15, 0.2) is 5.69 Å². The molecule has 0 unspecified atom stereocenters. The van der Waals surface area contributed by atoms with Crippen molar-refractivity contribution in [3.8, 4) is 0 Å². The van der Waals surface area contributed by atoms with E-state index < -0.39 is 17.6 Å². The SMILES string of the molecule is Cc1c(F)cc(C(N)=O)cc1NC(=O)c1nn(C)c(=O)c2ccccc12. The molecule has 2 amide bonds. The molecule has 0 atom stereocenters. The van der Waals surface area contributed by atoms with Gasteiger partial charge in [0.2, 0.25) is 5.91 Å². The van der Waals surface area contributed by atoms with Gasteiger partial charge in [-0.05, 0) is 25.1 Å². The number of aromatic nitrogens is 2. The van der Waals surface area contributed by atoms with E-state index in [-0.39, 0.29) is 28.1 Å². The van der Waals surface area contributed by atoms with E-state index in [9.17, 15) is 18.8 Å². The van der Waals surface area contributed by atoms with Crippen LogP contribution in [-0.2, 0) is 7.05 Å². The maximum absolute atomic E-state index is 14.0. The first-order chi connectivity index (χ1) is 12.3. The molecule has 26 heavy (non-hydrogen) atoms. The van der Waals surface area contributed by atoms with E-state index in [4.69, 9.17) is 5.73 Å². The number of amides is 2. The van der Waals surface area contributed by atoms with Crippen LogP contribution in [-0.4, -0.2) is 21.6 Å². The molecule has 3 aromatic rings. The summed E-state index contributed by atoms with van der Waals surface area (Å²) < 4.78 is 15.1. The number of nitrogens with one attached hydrogen (secondary N) is 1. The van der Waals surface area contributed by atoms with E-state index in [0.717, 1.165) is 10.7 Å². The summed E-state index contributed by atoms with van der Waals surface area (Å²) in [6.07, 6.45) is 0. The molecule has 0 aliphatic heterocycles. The van der Waals surface area contributed by atoms with E-state index in [1.807, 2.05) is 0 Å². The zero-order chi connectivity index (χ0) is 19.0. The van der Waals surface area contributed by atoms with Crippen LogP contribution in [0.2, 0.25) is 0 Å². The van der Waals surface area contributed by atoms with E-state index >= 15 is 0 Å². The number of hydrogen-bond acceptors (Lipinski definition) is 4. The molecule has 3 N–H and O–H groups in total. The van der Waals surface area contributed by atoms with E-state index in [2.05, 4.69) is 10.4 Å². The van der Waals surface area contributed by atoms with E-state index in [0.29, 0.717) is 10.8 Å². The minimum atomic E-state index is -0.815. The third-order valence-electron chi connectivity index (χ3n) is 4.05. The quantitative estimate of drug-likeness (QED) is 0.747. The van der Waals surface area contributed by atoms with Crippen molar-refractivity contribution in [2.24, 2.45) is 12.8 Å². The molecular formula is C18H15FN4O3. The monoisotopic (exact) mass is 354 g/mol. The molecule has 1 heterocycles. The summed E-state index contributed by atoms with van der Waals surface area (Å²) in [6, 6.07) is 8.86. The fraction of sp³-hybridized carbons (Fsp3) is 0.111. The highest BCUT2D eigenvalue weighted by Crippen LogP contribution is 2.22. The highest BCUT2D eigenvalue weighted by atomic mass is 19.1. The van der Waals surface area contributed by atoms with Crippen molar-refractivity contribution in [2.75, 3.05) is 5.32 Å². The number of fused-ring (bicyclic) bond motifs is 1. The molecule has 0 aliphatic carbocycles. The third-order valence-corrected chi connectivity index (χ3v) is 4.05. The Balaban J connectivity index is 2.10. The molecule has 132 valence electrons. The molecule has 8 heteroatoms. The van der Waals surface area contributed by atoms with Gasteiger partial charge in [0, 0.05) is 29.2 Å². The maximum atomic E-state index is 14.0. The minimum Gasteiger partial charge on any atom is -0.366 e. The number of hydrogen-bond donors (Lipinski definition) is 2. The average Bonchev–Trinajstić information content (AvgIpc) is 2.61. The average molecular weight is 354 g/mol. The molecule has 0 saturated heterocycles. The molecule has 0 fully saturated rings. The Kier molecular flexibility index (Phi) is 4.25. The van der Waals surface area contributed by atoms with Gasteiger partial charge in [-0.3, -0.25) is 14.4 Å². The van der Waals surface area contributed by atoms with Crippen LogP contribution in [0.5, 0.6) is 0 Å². The highest BCUT2D eigenvalue weighted by Gasteiger charge is 2.18. The number of rotatable bonds is 3. The Hall–Kier alpha value is -3.55. The summed E-state index contributed by atoms with van der Waals surface area (Å²) in [7, 11) is 1.43.